The molecule has 1 saturated heterocycles. The minimum atomic E-state index is -0.678. The van der Waals surface area contributed by atoms with E-state index in [1.807, 2.05) is 6.92 Å². The standard InChI is InChI=1S/C12H21NO2/c1-10(2)6-8-13-7-4-3-5-11(13)9-12(14)15/h11H,1,3-9H2,2H3,(H,14,15). The predicted octanol–water partition coefficient (Wildman–Crippen LogP) is 2.28. The van der Waals surface area contributed by atoms with Gasteiger partial charge in [0.15, 0.2) is 0 Å². The molecule has 0 bridgehead atoms. The number of hydrogen-bond donors (Lipinski definition) is 1. The number of likely N-dealkylation sites (tertiary alicyclic amines) is 1. The van der Waals surface area contributed by atoms with Crippen molar-refractivity contribution >= 4 is 5.97 Å². The Balaban J connectivity index is 2.42. The molecule has 1 N–H and O–H groups in total. The molecule has 0 saturated carbocycles. The summed E-state index contributed by atoms with van der Waals surface area (Å²) in [6, 6.07) is 0.246. The first-order chi connectivity index (χ1) is 7.09. The van der Waals surface area contributed by atoms with Gasteiger partial charge in [0.1, 0.15) is 0 Å². The fourth-order valence-electron chi connectivity index (χ4n) is 2.12. The molecule has 0 aromatic heterocycles. The Bertz CT molecular complexity index is 238. The van der Waals surface area contributed by atoms with Crippen molar-refractivity contribution in [2.45, 2.75) is 45.1 Å². The largest absolute Gasteiger partial charge is 0.481 e. The Morgan fingerprint density at radius 3 is 2.87 bits per heavy atom. The molecule has 0 radical (unpaired) electrons. The van der Waals surface area contributed by atoms with Gasteiger partial charge >= 0.3 is 5.97 Å². The number of carboxylic acids is 1. The Labute approximate surface area is 91.8 Å². The Morgan fingerprint density at radius 1 is 1.53 bits per heavy atom. The molecule has 86 valence electrons. The van der Waals surface area contributed by atoms with Gasteiger partial charge in [-0.05, 0) is 32.7 Å². The molecule has 1 fully saturated rings. The first kappa shape index (κ1) is 12.2. The van der Waals surface area contributed by atoms with Crippen LogP contribution in [-0.2, 0) is 4.79 Å². The van der Waals surface area contributed by atoms with Crippen molar-refractivity contribution < 1.29 is 9.90 Å². The van der Waals surface area contributed by atoms with Crippen LogP contribution in [0.5, 0.6) is 0 Å². The Kier molecular flexibility index (Phi) is 4.82. The molecule has 1 unspecified atom stereocenters. The zero-order valence-corrected chi connectivity index (χ0v) is 9.54. The number of nitrogens with zero attached hydrogens (tertiary/aromatic N) is 1. The third-order valence-electron chi connectivity index (χ3n) is 2.99. The lowest BCUT2D eigenvalue weighted by molar-refractivity contribution is -0.138. The van der Waals surface area contributed by atoms with Crippen molar-refractivity contribution in [2.24, 2.45) is 0 Å². The summed E-state index contributed by atoms with van der Waals surface area (Å²) in [5, 5.41) is 8.82. The average molecular weight is 211 g/mol. The summed E-state index contributed by atoms with van der Waals surface area (Å²) in [5.41, 5.74) is 1.18. The Morgan fingerprint density at radius 2 is 2.27 bits per heavy atom. The fourth-order valence-corrected chi connectivity index (χ4v) is 2.12. The van der Waals surface area contributed by atoms with E-state index in [0.29, 0.717) is 0 Å². The zero-order valence-electron chi connectivity index (χ0n) is 9.54. The lowest BCUT2D eigenvalue weighted by atomic mass is 9.99. The molecule has 1 heterocycles. The van der Waals surface area contributed by atoms with Gasteiger partial charge in [-0.2, -0.15) is 0 Å². The molecule has 1 aliphatic rings. The summed E-state index contributed by atoms with van der Waals surface area (Å²) in [4.78, 5) is 13.0. The van der Waals surface area contributed by atoms with Crippen LogP contribution in [0.1, 0.15) is 39.0 Å². The van der Waals surface area contributed by atoms with Crippen molar-refractivity contribution in [3.63, 3.8) is 0 Å². The topological polar surface area (TPSA) is 40.5 Å². The summed E-state index contributed by atoms with van der Waals surface area (Å²) in [6.45, 7) is 7.92. The second-order valence-corrected chi connectivity index (χ2v) is 4.49. The van der Waals surface area contributed by atoms with E-state index in [9.17, 15) is 4.79 Å². The monoisotopic (exact) mass is 211 g/mol. The molecule has 0 spiro atoms. The number of carbonyl (C=O) groups is 1. The number of rotatable bonds is 5. The van der Waals surface area contributed by atoms with Gasteiger partial charge in [0.05, 0.1) is 6.42 Å². The molecular formula is C12H21NO2. The maximum Gasteiger partial charge on any atom is 0.304 e. The maximum atomic E-state index is 10.7. The highest BCUT2D eigenvalue weighted by Gasteiger charge is 2.23. The quantitative estimate of drug-likeness (QED) is 0.709. The molecule has 0 aromatic carbocycles. The zero-order chi connectivity index (χ0) is 11.3. The molecule has 1 rings (SSSR count). The van der Waals surface area contributed by atoms with E-state index >= 15 is 0 Å². The van der Waals surface area contributed by atoms with Crippen LogP contribution in [0.15, 0.2) is 12.2 Å². The number of aliphatic carboxylic acids is 1. The fraction of sp³-hybridized carbons (Fsp3) is 0.750. The Hall–Kier alpha value is -0.830. The third-order valence-corrected chi connectivity index (χ3v) is 2.99. The molecule has 0 aliphatic carbocycles. The van der Waals surface area contributed by atoms with Crippen LogP contribution in [0.2, 0.25) is 0 Å². The third kappa shape index (κ3) is 4.47. The molecule has 3 heteroatoms. The maximum absolute atomic E-state index is 10.7. The van der Waals surface area contributed by atoms with E-state index in [4.69, 9.17) is 5.11 Å². The molecule has 1 aliphatic heterocycles. The molecule has 0 aromatic rings. The van der Waals surface area contributed by atoms with Gasteiger partial charge in [0.2, 0.25) is 0 Å². The highest BCUT2D eigenvalue weighted by molar-refractivity contribution is 5.67. The van der Waals surface area contributed by atoms with Crippen molar-refractivity contribution in [2.75, 3.05) is 13.1 Å². The summed E-state index contributed by atoms with van der Waals surface area (Å²) < 4.78 is 0. The second kappa shape index (κ2) is 5.91. The molecule has 1 atom stereocenters. The van der Waals surface area contributed by atoms with E-state index in [2.05, 4.69) is 11.5 Å². The van der Waals surface area contributed by atoms with E-state index in [1.165, 1.54) is 18.4 Å². The van der Waals surface area contributed by atoms with Gasteiger partial charge in [0.25, 0.3) is 0 Å². The van der Waals surface area contributed by atoms with E-state index in [-0.39, 0.29) is 12.5 Å². The highest BCUT2D eigenvalue weighted by atomic mass is 16.4. The van der Waals surface area contributed by atoms with Crippen LogP contribution in [0.25, 0.3) is 0 Å². The minimum absolute atomic E-state index is 0.246. The van der Waals surface area contributed by atoms with Crippen molar-refractivity contribution in [1.29, 1.82) is 0 Å². The predicted molar refractivity (Wildman–Crippen MR) is 60.9 cm³/mol. The van der Waals surface area contributed by atoms with Crippen molar-refractivity contribution in [3.05, 3.63) is 12.2 Å². The second-order valence-electron chi connectivity index (χ2n) is 4.49. The summed E-state index contributed by atoms with van der Waals surface area (Å²) in [7, 11) is 0. The van der Waals surface area contributed by atoms with E-state index < -0.39 is 5.97 Å². The first-order valence-corrected chi connectivity index (χ1v) is 5.70. The lowest BCUT2D eigenvalue weighted by Gasteiger charge is -2.34. The van der Waals surface area contributed by atoms with Gasteiger partial charge < -0.3 is 5.11 Å². The normalized spacial score (nSPS) is 22.6. The minimum Gasteiger partial charge on any atom is -0.481 e. The van der Waals surface area contributed by atoms with Gasteiger partial charge in [-0.15, -0.1) is 6.58 Å². The van der Waals surface area contributed by atoms with Crippen LogP contribution < -0.4 is 0 Å². The molecular weight excluding hydrogens is 190 g/mol. The van der Waals surface area contributed by atoms with E-state index in [0.717, 1.165) is 25.9 Å². The van der Waals surface area contributed by atoms with Crippen LogP contribution in [0.4, 0.5) is 0 Å². The van der Waals surface area contributed by atoms with Crippen LogP contribution in [0, 0.1) is 0 Å². The van der Waals surface area contributed by atoms with Crippen molar-refractivity contribution in [1.82, 2.24) is 4.90 Å². The number of carboxylic acid groups (broad SMARTS) is 1. The molecule has 15 heavy (non-hydrogen) atoms. The first-order valence-electron chi connectivity index (χ1n) is 5.70. The smallest absolute Gasteiger partial charge is 0.304 e. The SMILES string of the molecule is C=C(C)CCN1CCCCC1CC(=O)O. The van der Waals surface area contributed by atoms with Gasteiger partial charge in [-0.3, -0.25) is 9.69 Å². The van der Waals surface area contributed by atoms with Gasteiger partial charge in [0, 0.05) is 12.6 Å². The highest BCUT2D eigenvalue weighted by Crippen LogP contribution is 2.20. The molecule has 3 nitrogen and oxygen atoms in total. The van der Waals surface area contributed by atoms with Gasteiger partial charge in [-0.25, -0.2) is 0 Å². The van der Waals surface area contributed by atoms with Crippen LogP contribution in [0.3, 0.4) is 0 Å². The van der Waals surface area contributed by atoms with E-state index in [1.54, 1.807) is 0 Å². The van der Waals surface area contributed by atoms with Crippen molar-refractivity contribution in [3.8, 4) is 0 Å². The average Bonchev–Trinajstić information content (AvgIpc) is 2.15. The van der Waals surface area contributed by atoms with Crippen LogP contribution >= 0.6 is 0 Å². The summed E-state index contributed by atoms with van der Waals surface area (Å²) in [5.74, 6) is -0.678. The lowest BCUT2D eigenvalue weighted by Crippen LogP contribution is -2.41. The van der Waals surface area contributed by atoms with Crippen LogP contribution in [-0.4, -0.2) is 35.1 Å². The number of hydrogen-bond acceptors (Lipinski definition) is 2. The number of piperidine rings is 1. The molecule has 0 amide bonds. The summed E-state index contributed by atoms with van der Waals surface area (Å²) >= 11 is 0. The summed E-state index contributed by atoms with van der Waals surface area (Å²) in [6.07, 6.45) is 4.67. The van der Waals surface area contributed by atoms with Gasteiger partial charge in [-0.1, -0.05) is 12.0 Å².